The molecule has 0 N–H and O–H groups in total. The molecule has 0 saturated heterocycles. The first-order valence-electron chi connectivity index (χ1n) is 4.60. The molecular formula is C12H11NO2. The van der Waals surface area contributed by atoms with Crippen LogP contribution < -0.4 is 9.47 Å². The van der Waals surface area contributed by atoms with E-state index in [1.165, 1.54) is 0 Å². The van der Waals surface area contributed by atoms with Gasteiger partial charge in [-0.1, -0.05) is 0 Å². The Morgan fingerprint density at radius 3 is 1.93 bits per heavy atom. The molecular weight excluding hydrogens is 190 g/mol. The topological polar surface area (TPSA) is 31.4 Å². The van der Waals surface area contributed by atoms with Crippen molar-refractivity contribution in [3.8, 4) is 17.2 Å². The van der Waals surface area contributed by atoms with Gasteiger partial charge in [-0.25, -0.2) is 0 Å². The van der Waals surface area contributed by atoms with Crippen LogP contribution in [0.2, 0.25) is 0 Å². The summed E-state index contributed by atoms with van der Waals surface area (Å²) in [4.78, 5) is 3.91. The van der Waals surface area contributed by atoms with E-state index in [1.807, 2.05) is 36.4 Å². The van der Waals surface area contributed by atoms with Crippen molar-refractivity contribution < 1.29 is 9.47 Å². The van der Waals surface area contributed by atoms with E-state index in [9.17, 15) is 0 Å². The van der Waals surface area contributed by atoms with Crippen molar-refractivity contribution in [3.63, 3.8) is 0 Å². The largest absolute Gasteiger partial charge is 0.497 e. The molecule has 1 aromatic heterocycles. The summed E-state index contributed by atoms with van der Waals surface area (Å²) in [5.74, 6) is 2.37. The van der Waals surface area contributed by atoms with Crippen molar-refractivity contribution in [2.24, 2.45) is 0 Å². The van der Waals surface area contributed by atoms with Gasteiger partial charge in [-0.2, -0.15) is 0 Å². The lowest BCUT2D eigenvalue weighted by Gasteiger charge is -2.05. The predicted octanol–water partition coefficient (Wildman–Crippen LogP) is 2.88. The average molecular weight is 201 g/mol. The Labute approximate surface area is 88.3 Å². The molecule has 0 unspecified atom stereocenters. The molecule has 1 aromatic carbocycles. The fourth-order valence-corrected chi connectivity index (χ4v) is 1.19. The van der Waals surface area contributed by atoms with Crippen LogP contribution in [-0.4, -0.2) is 12.1 Å². The lowest BCUT2D eigenvalue weighted by Crippen LogP contribution is -1.85. The summed E-state index contributed by atoms with van der Waals surface area (Å²) in [6.07, 6.45) is 3.39. The van der Waals surface area contributed by atoms with Crippen LogP contribution in [0, 0.1) is 0 Å². The van der Waals surface area contributed by atoms with Gasteiger partial charge >= 0.3 is 0 Å². The molecule has 0 spiro atoms. The molecule has 2 aromatic rings. The average Bonchev–Trinajstić information content (AvgIpc) is 2.31. The van der Waals surface area contributed by atoms with E-state index in [1.54, 1.807) is 19.5 Å². The van der Waals surface area contributed by atoms with Gasteiger partial charge in [-0.3, -0.25) is 4.98 Å². The standard InChI is InChI=1S/C12H11NO2/c1-14-10-2-4-11(5-3-10)15-12-6-8-13-9-7-12/h2-9H,1H3. The molecule has 1 heterocycles. The second kappa shape index (κ2) is 4.46. The molecule has 0 fully saturated rings. The second-order valence-electron chi connectivity index (χ2n) is 2.96. The maximum absolute atomic E-state index is 5.58. The lowest BCUT2D eigenvalue weighted by atomic mass is 10.3. The van der Waals surface area contributed by atoms with E-state index < -0.39 is 0 Å². The van der Waals surface area contributed by atoms with Crippen molar-refractivity contribution in [3.05, 3.63) is 48.8 Å². The highest BCUT2D eigenvalue weighted by molar-refractivity contribution is 5.34. The Morgan fingerprint density at radius 2 is 1.33 bits per heavy atom. The van der Waals surface area contributed by atoms with Gasteiger partial charge in [0.2, 0.25) is 0 Å². The third-order valence-corrected chi connectivity index (χ3v) is 1.94. The highest BCUT2D eigenvalue weighted by atomic mass is 16.5. The van der Waals surface area contributed by atoms with Gasteiger partial charge in [-0.15, -0.1) is 0 Å². The molecule has 0 radical (unpaired) electrons. The highest BCUT2D eigenvalue weighted by Crippen LogP contribution is 2.22. The molecule has 2 rings (SSSR count). The molecule has 76 valence electrons. The Balaban J connectivity index is 2.11. The second-order valence-corrected chi connectivity index (χ2v) is 2.96. The van der Waals surface area contributed by atoms with Crippen LogP contribution in [0.3, 0.4) is 0 Å². The number of nitrogens with zero attached hydrogens (tertiary/aromatic N) is 1. The number of aromatic nitrogens is 1. The van der Waals surface area contributed by atoms with Crippen molar-refractivity contribution in [2.75, 3.05) is 7.11 Å². The fourth-order valence-electron chi connectivity index (χ4n) is 1.19. The summed E-state index contributed by atoms with van der Waals surface area (Å²) >= 11 is 0. The number of hydrogen-bond donors (Lipinski definition) is 0. The van der Waals surface area contributed by atoms with Crippen LogP contribution >= 0.6 is 0 Å². The molecule has 0 aliphatic carbocycles. The van der Waals surface area contributed by atoms with Gasteiger partial charge in [0.1, 0.15) is 17.2 Å². The Bertz CT molecular complexity index is 411. The molecule has 0 aliphatic rings. The molecule has 3 heteroatoms. The summed E-state index contributed by atoms with van der Waals surface area (Å²) in [7, 11) is 1.64. The van der Waals surface area contributed by atoms with Gasteiger partial charge in [0.15, 0.2) is 0 Å². The quantitative estimate of drug-likeness (QED) is 0.765. The van der Waals surface area contributed by atoms with Crippen molar-refractivity contribution in [1.29, 1.82) is 0 Å². The Hall–Kier alpha value is -2.03. The minimum absolute atomic E-state index is 0.773. The van der Waals surface area contributed by atoms with Crippen LogP contribution in [0.5, 0.6) is 17.2 Å². The number of hydrogen-bond acceptors (Lipinski definition) is 3. The van der Waals surface area contributed by atoms with Gasteiger partial charge < -0.3 is 9.47 Å². The maximum Gasteiger partial charge on any atom is 0.130 e. The van der Waals surface area contributed by atoms with Crippen molar-refractivity contribution in [1.82, 2.24) is 4.98 Å². The molecule has 3 nitrogen and oxygen atoms in total. The van der Waals surface area contributed by atoms with Crippen LogP contribution in [-0.2, 0) is 0 Å². The molecule has 0 atom stereocenters. The monoisotopic (exact) mass is 201 g/mol. The van der Waals surface area contributed by atoms with E-state index >= 15 is 0 Å². The third-order valence-electron chi connectivity index (χ3n) is 1.94. The summed E-state index contributed by atoms with van der Waals surface area (Å²) in [6, 6.07) is 11.1. The Morgan fingerprint density at radius 1 is 0.800 bits per heavy atom. The van der Waals surface area contributed by atoms with Crippen LogP contribution in [0.25, 0.3) is 0 Å². The van der Waals surface area contributed by atoms with Gasteiger partial charge in [0, 0.05) is 12.4 Å². The summed E-state index contributed by atoms with van der Waals surface area (Å²) in [5.41, 5.74) is 0. The third kappa shape index (κ3) is 2.47. The minimum atomic E-state index is 0.773. The first kappa shape index (κ1) is 9.52. The van der Waals surface area contributed by atoms with E-state index in [-0.39, 0.29) is 0 Å². The van der Waals surface area contributed by atoms with Gasteiger partial charge in [0.05, 0.1) is 7.11 Å². The number of benzene rings is 1. The van der Waals surface area contributed by atoms with Crippen LogP contribution in [0.4, 0.5) is 0 Å². The van der Waals surface area contributed by atoms with Crippen LogP contribution in [0.15, 0.2) is 48.8 Å². The molecule has 0 amide bonds. The van der Waals surface area contributed by atoms with Crippen LogP contribution in [0.1, 0.15) is 0 Å². The number of rotatable bonds is 3. The molecule has 15 heavy (non-hydrogen) atoms. The normalized spacial score (nSPS) is 9.67. The zero-order chi connectivity index (χ0) is 10.5. The molecule has 0 bridgehead atoms. The zero-order valence-corrected chi connectivity index (χ0v) is 8.38. The smallest absolute Gasteiger partial charge is 0.130 e. The maximum atomic E-state index is 5.58. The first-order valence-corrected chi connectivity index (χ1v) is 4.60. The summed E-state index contributed by atoms with van der Waals surface area (Å²) < 4.78 is 10.6. The summed E-state index contributed by atoms with van der Waals surface area (Å²) in [6.45, 7) is 0. The van der Waals surface area contributed by atoms with E-state index in [0.717, 1.165) is 17.2 Å². The first-order chi connectivity index (χ1) is 7.38. The van der Waals surface area contributed by atoms with Gasteiger partial charge in [-0.05, 0) is 36.4 Å². The lowest BCUT2D eigenvalue weighted by molar-refractivity contribution is 0.413. The SMILES string of the molecule is COc1ccc(Oc2ccncc2)cc1. The molecule has 0 saturated carbocycles. The predicted molar refractivity (Wildman–Crippen MR) is 57.3 cm³/mol. The minimum Gasteiger partial charge on any atom is -0.497 e. The number of pyridine rings is 1. The van der Waals surface area contributed by atoms with Crippen molar-refractivity contribution >= 4 is 0 Å². The van der Waals surface area contributed by atoms with Crippen molar-refractivity contribution in [2.45, 2.75) is 0 Å². The van der Waals surface area contributed by atoms with Gasteiger partial charge in [0.25, 0.3) is 0 Å². The fraction of sp³-hybridized carbons (Fsp3) is 0.0833. The van der Waals surface area contributed by atoms with E-state index in [0.29, 0.717) is 0 Å². The number of methoxy groups -OCH3 is 1. The number of ether oxygens (including phenoxy) is 2. The Kier molecular flexibility index (Phi) is 2.83. The summed E-state index contributed by atoms with van der Waals surface area (Å²) in [5, 5.41) is 0. The highest BCUT2D eigenvalue weighted by Gasteiger charge is 1.96. The molecule has 0 aliphatic heterocycles. The van der Waals surface area contributed by atoms with E-state index in [4.69, 9.17) is 9.47 Å². The van der Waals surface area contributed by atoms with E-state index in [2.05, 4.69) is 4.98 Å². The zero-order valence-electron chi connectivity index (χ0n) is 8.38.